The second-order valence-corrected chi connectivity index (χ2v) is 8.95. The number of benzene rings is 2. The van der Waals surface area contributed by atoms with E-state index in [-0.39, 0.29) is 11.7 Å². The van der Waals surface area contributed by atoms with E-state index in [1.54, 1.807) is 12.1 Å². The second-order valence-electron chi connectivity index (χ2n) is 5.90. The monoisotopic (exact) mass is 449 g/mol. The predicted octanol–water partition coefficient (Wildman–Crippen LogP) is 6.44. The molecule has 0 radical (unpaired) electrons. The number of fused-ring (bicyclic) bond motifs is 1. The molecule has 2 heterocycles. The molecule has 9 heteroatoms. The molecular weight excluding hydrogens is 437 g/mol. The third kappa shape index (κ3) is 4.03. The molecule has 28 heavy (non-hydrogen) atoms. The minimum absolute atomic E-state index is 0.276. The van der Waals surface area contributed by atoms with Crippen molar-refractivity contribution in [2.75, 3.05) is 5.32 Å². The molecule has 0 fully saturated rings. The number of para-hydroxylation sites is 1. The molecule has 2 aromatic carbocycles. The smallest absolute Gasteiger partial charge is 0.293 e. The zero-order chi connectivity index (χ0) is 19.7. The SMILES string of the molecule is Cc1c(C(=O)Nc2nnc(SCc3ccc(Cl)cc3Cl)s2)oc2ccccc12. The Hall–Kier alpha value is -2.06. The number of carbonyl (C=O) groups excluding carboxylic acids is 1. The van der Waals surface area contributed by atoms with Gasteiger partial charge in [-0.2, -0.15) is 0 Å². The molecule has 0 aliphatic carbocycles. The molecule has 0 spiro atoms. The number of halogens is 2. The first kappa shape index (κ1) is 19.3. The van der Waals surface area contributed by atoms with E-state index in [0.29, 0.717) is 26.5 Å². The van der Waals surface area contributed by atoms with Crippen LogP contribution in [0.1, 0.15) is 21.7 Å². The van der Waals surface area contributed by atoms with Crippen molar-refractivity contribution in [3.63, 3.8) is 0 Å². The third-order valence-electron chi connectivity index (χ3n) is 4.04. The van der Waals surface area contributed by atoms with Gasteiger partial charge in [0.15, 0.2) is 10.1 Å². The first-order chi connectivity index (χ1) is 13.5. The Morgan fingerprint density at radius 2 is 2.04 bits per heavy atom. The summed E-state index contributed by atoms with van der Waals surface area (Å²) in [5.41, 5.74) is 2.43. The summed E-state index contributed by atoms with van der Waals surface area (Å²) in [5, 5.41) is 13.4. The summed E-state index contributed by atoms with van der Waals surface area (Å²) in [6.45, 7) is 1.86. The highest BCUT2D eigenvalue weighted by molar-refractivity contribution is 8.00. The Bertz CT molecular complexity index is 1170. The van der Waals surface area contributed by atoms with Gasteiger partial charge in [-0.1, -0.05) is 70.6 Å². The summed E-state index contributed by atoms with van der Waals surface area (Å²) in [6, 6.07) is 12.9. The van der Waals surface area contributed by atoms with Crippen LogP contribution < -0.4 is 5.32 Å². The summed E-state index contributed by atoms with van der Waals surface area (Å²) >= 11 is 14.9. The van der Waals surface area contributed by atoms with Crippen LogP contribution in [0.2, 0.25) is 10.0 Å². The molecule has 0 bridgehead atoms. The molecule has 5 nitrogen and oxygen atoms in total. The maximum absolute atomic E-state index is 12.6. The van der Waals surface area contributed by atoms with E-state index < -0.39 is 0 Å². The molecule has 4 aromatic rings. The van der Waals surface area contributed by atoms with Crippen molar-refractivity contribution in [1.29, 1.82) is 0 Å². The molecule has 2 aromatic heterocycles. The fraction of sp³-hybridized carbons (Fsp3) is 0.105. The van der Waals surface area contributed by atoms with Crippen LogP contribution in [0.3, 0.4) is 0 Å². The van der Waals surface area contributed by atoms with Gasteiger partial charge in [0.25, 0.3) is 5.91 Å². The first-order valence-electron chi connectivity index (χ1n) is 8.21. The number of rotatable bonds is 5. The van der Waals surface area contributed by atoms with Crippen LogP contribution in [-0.4, -0.2) is 16.1 Å². The quantitative estimate of drug-likeness (QED) is 0.280. The van der Waals surface area contributed by atoms with E-state index in [9.17, 15) is 4.79 Å². The minimum Gasteiger partial charge on any atom is -0.451 e. The highest BCUT2D eigenvalue weighted by Gasteiger charge is 2.19. The lowest BCUT2D eigenvalue weighted by Crippen LogP contribution is -2.11. The zero-order valence-electron chi connectivity index (χ0n) is 14.5. The first-order valence-corrected chi connectivity index (χ1v) is 10.8. The average Bonchev–Trinajstić information content (AvgIpc) is 3.26. The molecule has 0 atom stereocenters. The number of hydrogen-bond donors (Lipinski definition) is 1. The van der Waals surface area contributed by atoms with Gasteiger partial charge in [-0.05, 0) is 30.7 Å². The summed E-state index contributed by atoms with van der Waals surface area (Å²) in [5.74, 6) is 0.557. The molecule has 1 N–H and O–H groups in total. The van der Waals surface area contributed by atoms with Crippen LogP contribution in [-0.2, 0) is 5.75 Å². The maximum Gasteiger partial charge on any atom is 0.293 e. The number of anilines is 1. The zero-order valence-corrected chi connectivity index (χ0v) is 17.7. The number of hydrogen-bond acceptors (Lipinski definition) is 6. The van der Waals surface area contributed by atoms with Gasteiger partial charge in [0, 0.05) is 26.7 Å². The van der Waals surface area contributed by atoms with Crippen LogP contribution in [0.15, 0.2) is 51.2 Å². The number of thioether (sulfide) groups is 1. The van der Waals surface area contributed by atoms with Crippen LogP contribution in [0.5, 0.6) is 0 Å². The molecule has 0 unspecified atom stereocenters. The van der Waals surface area contributed by atoms with Crippen LogP contribution >= 0.6 is 46.3 Å². The van der Waals surface area contributed by atoms with Gasteiger partial charge in [-0.15, -0.1) is 10.2 Å². The van der Waals surface area contributed by atoms with Crippen molar-refractivity contribution >= 4 is 68.3 Å². The van der Waals surface area contributed by atoms with Crippen molar-refractivity contribution in [2.24, 2.45) is 0 Å². The highest BCUT2D eigenvalue weighted by atomic mass is 35.5. The van der Waals surface area contributed by atoms with Crippen molar-refractivity contribution in [3.05, 3.63) is 69.4 Å². The number of nitrogens with zero attached hydrogens (tertiary/aromatic N) is 2. The van der Waals surface area contributed by atoms with Crippen molar-refractivity contribution in [2.45, 2.75) is 17.0 Å². The molecule has 0 saturated carbocycles. The van der Waals surface area contributed by atoms with E-state index in [0.717, 1.165) is 20.9 Å². The van der Waals surface area contributed by atoms with E-state index in [1.807, 2.05) is 37.3 Å². The van der Waals surface area contributed by atoms with Gasteiger partial charge in [0.1, 0.15) is 5.58 Å². The number of amides is 1. The van der Waals surface area contributed by atoms with Gasteiger partial charge in [0.2, 0.25) is 5.13 Å². The topological polar surface area (TPSA) is 68.0 Å². The van der Waals surface area contributed by atoms with Gasteiger partial charge >= 0.3 is 0 Å². The molecule has 0 aliphatic rings. The van der Waals surface area contributed by atoms with Crippen LogP contribution in [0, 0.1) is 6.92 Å². The average molecular weight is 450 g/mol. The van der Waals surface area contributed by atoms with Crippen molar-refractivity contribution < 1.29 is 9.21 Å². The number of carbonyl (C=O) groups is 1. The fourth-order valence-electron chi connectivity index (χ4n) is 2.64. The number of aromatic nitrogens is 2. The lowest BCUT2D eigenvalue weighted by atomic mass is 10.1. The standard InChI is InChI=1S/C19H13Cl2N3O2S2/c1-10-13-4-2-3-5-15(13)26-16(10)17(25)22-18-23-24-19(28-18)27-9-11-6-7-12(20)8-14(11)21/h2-8H,9H2,1H3,(H,22,23,25). The summed E-state index contributed by atoms with van der Waals surface area (Å²) in [6.07, 6.45) is 0. The minimum atomic E-state index is -0.345. The van der Waals surface area contributed by atoms with Gasteiger partial charge in [-0.3, -0.25) is 10.1 Å². The molecule has 0 saturated heterocycles. The lowest BCUT2D eigenvalue weighted by Gasteiger charge is -2.02. The number of nitrogens with one attached hydrogen (secondary N) is 1. The third-order valence-corrected chi connectivity index (χ3v) is 6.65. The van der Waals surface area contributed by atoms with Crippen molar-refractivity contribution in [1.82, 2.24) is 10.2 Å². The Morgan fingerprint density at radius 3 is 2.82 bits per heavy atom. The molecule has 0 aliphatic heterocycles. The van der Waals surface area contributed by atoms with E-state index in [4.69, 9.17) is 27.6 Å². The maximum atomic E-state index is 12.6. The van der Waals surface area contributed by atoms with Gasteiger partial charge < -0.3 is 4.42 Å². The number of furan rings is 1. The summed E-state index contributed by atoms with van der Waals surface area (Å²) in [7, 11) is 0. The molecular formula is C19H13Cl2N3O2S2. The highest BCUT2D eigenvalue weighted by Crippen LogP contribution is 2.32. The Kier molecular flexibility index (Phi) is 5.59. The van der Waals surface area contributed by atoms with E-state index >= 15 is 0 Å². The van der Waals surface area contributed by atoms with Crippen molar-refractivity contribution in [3.8, 4) is 0 Å². The van der Waals surface area contributed by atoms with Gasteiger partial charge in [-0.25, -0.2) is 0 Å². The summed E-state index contributed by atoms with van der Waals surface area (Å²) in [4.78, 5) is 12.6. The normalized spacial score (nSPS) is 11.1. The largest absolute Gasteiger partial charge is 0.451 e. The predicted molar refractivity (Wildman–Crippen MR) is 115 cm³/mol. The Labute approximate surface area is 179 Å². The van der Waals surface area contributed by atoms with E-state index in [1.165, 1.54) is 23.1 Å². The Morgan fingerprint density at radius 1 is 1.21 bits per heavy atom. The van der Waals surface area contributed by atoms with Gasteiger partial charge in [0.05, 0.1) is 0 Å². The second kappa shape index (κ2) is 8.13. The molecule has 4 rings (SSSR count). The molecule has 142 valence electrons. The lowest BCUT2D eigenvalue weighted by molar-refractivity contribution is 0.0998. The summed E-state index contributed by atoms with van der Waals surface area (Å²) < 4.78 is 6.41. The van der Waals surface area contributed by atoms with Crippen LogP contribution in [0.25, 0.3) is 11.0 Å². The van der Waals surface area contributed by atoms with Crippen LogP contribution in [0.4, 0.5) is 5.13 Å². The van der Waals surface area contributed by atoms with E-state index in [2.05, 4.69) is 15.5 Å². The number of aryl methyl sites for hydroxylation is 1. The Balaban J connectivity index is 1.44. The fourth-order valence-corrected chi connectivity index (χ4v) is 4.95. The molecule has 1 amide bonds.